The summed E-state index contributed by atoms with van der Waals surface area (Å²) in [5, 5.41) is 2.87. The second kappa shape index (κ2) is 9.69. The molecule has 0 spiro atoms. The predicted octanol–water partition coefficient (Wildman–Crippen LogP) is 4.85. The van der Waals surface area contributed by atoms with Crippen LogP contribution in [0.2, 0.25) is 0 Å². The van der Waals surface area contributed by atoms with Gasteiger partial charge in [0.1, 0.15) is 11.9 Å². The number of rotatable bonds is 6. The van der Waals surface area contributed by atoms with Gasteiger partial charge in [-0.25, -0.2) is 4.39 Å². The number of halogens is 5. The fourth-order valence-corrected chi connectivity index (χ4v) is 6.20. The Morgan fingerprint density at radius 2 is 1.70 bits per heavy atom. The first-order chi connectivity index (χ1) is 17.5. The van der Waals surface area contributed by atoms with Gasteiger partial charge in [0.05, 0.1) is 11.0 Å². The molecule has 198 valence electrons. The van der Waals surface area contributed by atoms with Crippen LogP contribution < -0.4 is 11.1 Å². The van der Waals surface area contributed by atoms with Crippen LogP contribution in [0.5, 0.6) is 0 Å². The third-order valence-corrected chi connectivity index (χ3v) is 8.51. The lowest BCUT2D eigenvalue weighted by Gasteiger charge is -2.40. The normalized spacial score (nSPS) is 25.0. The summed E-state index contributed by atoms with van der Waals surface area (Å²) < 4.78 is 54.8. The van der Waals surface area contributed by atoms with E-state index in [1.54, 1.807) is 0 Å². The molecule has 2 aromatic carbocycles. The van der Waals surface area contributed by atoms with Gasteiger partial charge >= 0.3 is 6.18 Å². The topological polar surface area (TPSA) is 75.4 Å². The number of amides is 2. The second-order valence-electron chi connectivity index (χ2n) is 10.5. The summed E-state index contributed by atoms with van der Waals surface area (Å²) in [6.45, 7) is 0. The molecule has 2 unspecified atom stereocenters. The molecule has 2 aliphatic heterocycles. The number of fused-ring (bicyclic) bond motifs is 2. The summed E-state index contributed by atoms with van der Waals surface area (Å²) in [7, 11) is 0. The van der Waals surface area contributed by atoms with Crippen molar-refractivity contribution >= 4 is 27.7 Å². The highest BCUT2D eigenvalue weighted by Crippen LogP contribution is 2.50. The maximum Gasteiger partial charge on any atom is 0.416 e. The van der Waals surface area contributed by atoms with Gasteiger partial charge in [-0.3, -0.25) is 9.59 Å². The second-order valence-corrected chi connectivity index (χ2v) is 11.4. The molecule has 37 heavy (non-hydrogen) atoms. The van der Waals surface area contributed by atoms with Gasteiger partial charge in [-0.1, -0.05) is 34.1 Å². The summed E-state index contributed by atoms with van der Waals surface area (Å²) >= 11 is 3.39. The number of benzene rings is 2. The van der Waals surface area contributed by atoms with E-state index in [4.69, 9.17) is 5.73 Å². The third kappa shape index (κ3) is 5.14. The molecular formula is C27H28BrF4N3O2. The third-order valence-electron chi connectivity index (χ3n) is 7.98. The lowest BCUT2D eigenvalue weighted by atomic mass is 9.92. The SMILES string of the molecule is NC1CC2CCC(C1)N2C(=O)[C@H](Cc1ccc(Br)cc1)NC(=O)C1(c2ccc(C(F)(F)F)cc2F)CC1. The molecule has 3 aliphatic rings. The first kappa shape index (κ1) is 26.2. The van der Waals surface area contributed by atoms with E-state index in [0.717, 1.165) is 35.0 Å². The number of hydrogen-bond acceptors (Lipinski definition) is 3. The van der Waals surface area contributed by atoms with Crippen molar-refractivity contribution in [3.05, 3.63) is 69.4 Å². The van der Waals surface area contributed by atoms with Crippen LogP contribution in [0.3, 0.4) is 0 Å². The number of nitrogens with two attached hydrogens (primary N) is 1. The highest BCUT2D eigenvalue weighted by atomic mass is 79.9. The summed E-state index contributed by atoms with van der Waals surface area (Å²) in [4.78, 5) is 29.2. The molecule has 3 atom stereocenters. The molecule has 3 fully saturated rings. The average Bonchev–Trinajstić information content (AvgIpc) is 3.59. The first-order valence-electron chi connectivity index (χ1n) is 12.5. The minimum atomic E-state index is -4.68. The lowest BCUT2D eigenvalue weighted by molar-refractivity contribution is -0.141. The van der Waals surface area contributed by atoms with Gasteiger partial charge < -0.3 is 16.0 Å². The summed E-state index contributed by atoms with van der Waals surface area (Å²) in [5.41, 5.74) is 4.56. The highest BCUT2D eigenvalue weighted by Gasteiger charge is 2.54. The Hall–Kier alpha value is -2.46. The smallest absolute Gasteiger partial charge is 0.343 e. The molecule has 0 radical (unpaired) electrons. The molecule has 2 aromatic rings. The van der Waals surface area contributed by atoms with Gasteiger partial charge in [0, 0.05) is 34.6 Å². The average molecular weight is 582 g/mol. The fraction of sp³-hybridized carbons (Fsp3) is 0.481. The molecule has 5 nitrogen and oxygen atoms in total. The molecular weight excluding hydrogens is 554 g/mol. The van der Waals surface area contributed by atoms with Crippen molar-refractivity contribution in [2.24, 2.45) is 5.73 Å². The van der Waals surface area contributed by atoms with Crippen LogP contribution in [0.4, 0.5) is 17.6 Å². The van der Waals surface area contributed by atoms with Crippen molar-refractivity contribution in [1.29, 1.82) is 0 Å². The van der Waals surface area contributed by atoms with Gasteiger partial charge in [0.15, 0.2) is 0 Å². The maximum absolute atomic E-state index is 14.8. The molecule has 3 N–H and O–H groups in total. The number of piperidine rings is 1. The molecule has 1 saturated carbocycles. The minimum Gasteiger partial charge on any atom is -0.343 e. The van der Waals surface area contributed by atoms with Crippen molar-refractivity contribution in [2.45, 2.75) is 80.7 Å². The Labute approximate surface area is 220 Å². The molecule has 2 saturated heterocycles. The highest BCUT2D eigenvalue weighted by molar-refractivity contribution is 9.10. The standard InChI is InChI=1S/C27H28BrF4N3O2/c28-17-4-1-15(2-5-17)11-23(24(36)35-19-6-7-20(35)14-18(33)13-19)34-25(37)26(9-10-26)21-8-3-16(12-22(21)29)27(30,31)32/h1-5,8,12,18-20,23H,6-7,9-11,13-14,33H2,(H,34,37)/t18?,19?,20?,23-/m0/s1. The maximum atomic E-state index is 14.8. The van der Waals surface area contributed by atoms with Crippen LogP contribution in [0.15, 0.2) is 46.9 Å². The summed E-state index contributed by atoms with van der Waals surface area (Å²) in [6.07, 6.45) is -0.701. The molecule has 0 aromatic heterocycles. The monoisotopic (exact) mass is 581 g/mol. The van der Waals surface area contributed by atoms with Gasteiger partial charge in [0.25, 0.3) is 0 Å². The van der Waals surface area contributed by atoms with Crippen molar-refractivity contribution in [1.82, 2.24) is 10.2 Å². The fourth-order valence-electron chi connectivity index (χ4n) is 5.93. The van der Waals surface area contributed by atoms with Crippen LogP contribution in [-0.4, -0.2) is 40.9 Å². The Bertz CT molecular complexity index is 1190. The Morgan fingerprint density at radius 3 is 2.24 bits per heavy atom. The van der Waals surface area contributed by atoms with Crippen molar-refractivity contribution in [3.63, 3.8) is 0 Å². The molecule has 2 bridgehead atoms. The zero-order valence-electron chi connectivity index (χ0n) is 20.0. The Kier molecular flexibility index (Phi) is 6.85. The summed E-state index contributed by atoms with van der Waals surface area (Å²) in [5.74, 6) is -1.80. The lowest BCUT2D eigenvalue weighted by Crippen LogP contribution is -2.58. The molecule has 2 heterocycles. The van der Waals surface area contributed by atoms with Gasteiger partial charge in [0.2, 0.25) is 11.8 Å². The van der Waals surface area contributed by atoms with E-state index in [1.165, 1.54) is 0 Å². The van der Waals surface area contributed by atoms with Crippen LogP contribution >= 0.6 is 15.9 Å². The quantitative estimate of drug-likeness (QED) is 0.479. The molecule has 2 amide bonds. The zero-order chi connectivity index (χ0) is 26.5. The van der Waals surface area contributed by atoms with Gasteiger partial charge in [-0.05, 0) is 68.4 Å². The van der Waals surface area contributed by atoms with E-state index in [-0.39, 0.29) is 36.0 Å². The summed E-state index contributed by atoms with van der Waals surface area (Å²) in [6, 6.07) is 8.89. The van der Waals surface area contributed by atoms with Crippen LogP contribution in [0.1, 0.15) is 55.2 Å². The Balaban J connectivity index is 1.41. The molecule has 5 rings (SSSR count). The number of nitrogens with one attached hydrogen (secondary N) is 1. The van der Waals surface area contributed by atoms with Gasteiger partial charge in [-0.2, -0.15) is 13.2 Å². The van der Waals surface area contributed by atoms with Crippen LogP contribution in [0.25, 0.3) is 0 Å². The van der Waals surface area contributed by atoms with E-state index in [9.17, 15) is 27.2 Å². The van der Waals surface area contributed by atoms with E-state index >= 15 is 0 Å². The minimum absolute atomic E-state index is 0.0211. The molecule has 10 heteroatoms. The number of nitrogens with zero attached hydrogens (tertiary/aromatic N) is 1. The van der Waals surface area contributed by atoms with Crippen molar-refractivity contribution < 1.29 is 27.2 Å². The van der Waals surface area contributed by atoms with E-state index < -0.39 is 34.9 Å². The number of carbonyl (C=O) groups is 2. The van der Waals surface area contributed by atoms with Crippen molar-refractivity contribution in [3.8, 4) is 0 Å². The number of carbonyl (C=O) groups excluding carboxylic acids is 2. The largest absolute Gasteiger partial charge is 0.416 e. The van der Waals surface area contributed by atoms with E-state index in [1.807, 2.05) is 29.2 Å². The van der Waals surface area contributed by atoms with E-state index in [2.05, 4.69) is 21.2 Å². The Morgan fingerprint density at radius 1 is 1.08 bits per heavy atom. The number of hydrogen-bond donors (Lipinski definition) is 2. The molecule has 1 aliphatic carbocycles. The first-order valence-corrected chi connectivity index (χ1v) is 13.3. The predicted molar refractivity (Wildman–Crippen MR) is 133 cm³/mol. The van der Waals surface area contributed by atoms with E-state index in [0.29, 0.717) is 31.7 Å². The van der Waals surface area contributed by atoms with Crippen molar-refractivity contribution in [2.75, 3.05) is 0 Å². The zero-order valence-corrected chi connectivity index (χ0v) is 21.6. The number of alkyl halides is 3. The van der Waals surface area contributed by atoms with Crippen LogP contribution in [-0.2, 0) is 27.6 Å². The van der Waals surface area contributed by atoms with Crippen LogP contribution in [0, 0.1) is 5.82 Å². The van der Waals surface area contributed by atoms with Gasteiger partial charge in [-0.15, -0.1) is 0 Å².